The molecule has 0 aliphatic carbocycles. The normalized spacial score (nSPS) is 22.5. The van der Waals surface area contributed by atoms with Crippen molar-refractivity contribution in [3.8, 4) is 0 Å². The van der Waals surface area contributed by atoms with Crippen molar-refractivity contribution >= 4 is 19.9 Å². The molecule has 0 aromatic heterocycles. The molecule has 1 atom stereocenters. The number of aryl methyl sites for hydroxylation is 2. The minimum absolute atomic E-state index is 0.0487. The fraction of sp³-hybridized carbons (Fsp3) is 0.500. The van der Waals surface area contributed by atoms with Gasteiger partial charge in [-0.05, 0) is 43.5 Å². The Balaban J connectivity index is 2.21. The van der Waals surface area contributed by atoms with E-state index in [0.29, 0.717) is 6.42 Å². The molecule has 5 nitrogen and oxygen atoms in total. The third-order valence-corrected chi connectivity index (χ3v) is 6.63. The zero-order valence-electron chi connectivity index (χ0n) is 10.9. The fourth-order valence-electron chi connectivity index (χ4n) is 2.06. The molecule has 1 unspecified atom stereocenters. The van der Waals surface area contributed by atoms with Gasteiger partial charge in [0.2, 0.25) is 10.0 Å². The van der Waals surface area contributed by atoms with Crippen LogP contribution in [0.3, 0.4) is 0 Å². The summed E-state index contributed by atoms with van der Waals surface area (Å²) in [4.78, 5) is 0.180. The molecule has 1 N–H and O–H groups in total. The van der Waals surface area contributed by atoms with Crippen molar-refractivity contribution in [2.24, 2.45) is 0 Å². The lowest BCUT2D eigenvalue weighted by Crippen LogP contribution is -2.35. The summed E-state index contributed by atoms with van der Waals surface area (Å²) in [6.07, 6.45) is 0.340. The monoisotopic (exact) mass is 303 g/mol. The maximum absolute atomic E-state index is 12.2. The molecular formula is C12H17NO4S2. The summed E-state index contributed by atoms with van der Waals surface area (Å²) < 4.78 is 49.4. The van der Waals surface area contributed by atoms with E-state index in [0.717, 1.165) is 11.1 Å². The highest BCUT2D eigenvalue weighted by molar-refractivity contribution is 7.92. The molecular weight excluding hydrogens is 286 g/mol. The Kier molecular flexibility index (Phi) is 3.72. The summed E-state index contributed by atoms with van der Waals surface area (Å²) in [7, 11) is -6.74. The standard InChI is InChI=1S/C12H17NO4S2/c1-9-3-4-12(7-10(9)2)19(16,17)13-11-5-6-18(14,15)8-11/h3-4,7,11,13H,5-6,8H2,1-2H3. The maximum Gasteiger partial charge on any atom is 0.240 e. The Bertz CT molecular complexity index is 692. The number of sulfone groups is 1. The lowest BCUT2D eigenvalue weighted by atomic mass is 10.1. The average Bonchev–Trinajstić information content (AvgIpc) is 2.61. The van der Waals surface area contributed by atoms with E-state index in [1.54, 1.807) is 12.1 Å². The van der Waals surface area contributed by atoms with Crippen LogP contribution in [-0.4, -0.2) is 34.4 Å². The van der Waals surface area contributed by atoms with Crippen molar-refractivity contribution in [1.82, 2.24) is 4.72 Å². The van der Waals surface area contributed by atoms with Crippen LogP contribution in [-0.2, 0) is 19.9 Å². The van der Waals surface area contributed by atoms with E-state index in [1.165, 1.54) is 6.07 Å². The molecule has 7 heteroatoms. The predicted molar refractivity (Wildman–Crippen MR) is 73.3 cm³/mol. The smallest absolute Gasteiger partial charge is 0.229 e. The molecule has 1 aromatic carbocycles. The number of sulfonamides is 1. The van der Waals surface area contributed by atoms with Gasteiger partial charge in [0, 0.05) is 6.04 Å². The van der Waals surface area contributed by atoms with Crippen LogP contribution in [0.5, 0.6) is 0 Å². The van der Waals surface area contributed by atoms with Gasteiger partial charge in [0.15, 0.2) is 9.84 Å². The molecule has 1 aliphatic heterocycles. The second kappa shape index (κ2) is 4.88. The quantitative estimate of drug-likeness (QED) is 0.894. The van der Waals surface area contributed by atoms with Crippen LogP contribution in [0.2, 0.25) is 0 Å². The predicted octanol–water partition coefficient (Wildman–Crippen LogP) is 0.769. The lowest BCUT2D eigenvalue weighted by Gasteiger charge is -2.12. The van der Waals surface area contributed by atoms with Crippen LogP contribution < -0.4 is 4.72 Å². The van der Waals surface area contributed by atoms with Gasteiger partial charge < -0.3 is 0 Å². The first-order valence-electron chi connectivity index (χ1n) is 6.00. The SMILES string of the molecule is Cc1ccc(S(=O)(=O)NC2CCS(=O)(=O)C2)cc1C. The first-order valence-corrected chi connectivity index (χ1v) is 9.30. The maximum atomic E-state index is 12.2. The number of rotatable bonds is 3. The van der Waals surface area contributed by atoms with E-state index in [2.05, 4.69) is 4.72 Å². The Morgan fingerprint density at radius 2 is 1.89 bits per heavy atom. The third-order valence-electron chi connectivity index (χ3n) is 3.34. The molecule has 0 saturated carbocycles. The molecule has 1 fully saturated rings. The molecule has 1 aromatic rings. The van der Waals surface area contributed by atoms with Crippen molar-refractivity contribution in [2.75, 3.05) is 11.5 Å². The Hall–Kier alpha value is -0.920. The minimum Gasteiger partial charge on any atom is -0.229 e. The van der Waals surface area contributed by atoms with Crippen molar-refractivity contribution in [3.63, 3.8) is 0 Å². The molecule has 0 amide bonds. The summed E-state index contributed by atoms with van der Waals surface area (Å²) in [5.41, 5.74) is 1.91. The molecule has 0 radical (unpaired) electrons. The highest BCUT2D eigenvalue weighted by Gasteiger charge is 2.31. The van der Waals surface area contributed by atoms with Gasteiger partial charge >= 0.3 is 0 Å². The number of benzene rings is 1. The van der Waals surface area contributed by atoms with Gasteiger partial charge in [-0.25, -0.2) is 21.6 Å². The van der Waals surface area contributed by atoms with Gasteiger partial charge in [0.05, 0.1) is 16.4 Å². The van der Waals surface area contributed by atoms with E-state index in [1.807, 2.05) is 13.8 Å². The van der Waals surface area contributed by atoms with Gasteiger partial charge in [-0.1, -0.05) is 6.07 Å². The Morgan fingerprint density at radius 1 is 1.21 bits per heavy atom. The Morgan fingerprint density at radius 3 is 2.42 bits per heavy atom. The van der Waals surface area contributed by atoms with Gasteiger partial charge in [-0.15, -0.1) is 0 Å². The summed E-state index contributed by atoms with van der Waals surface area (Å²) in [6, 6.07) is 4.36. The number of nitrogens with one attached hydrogen (secondary N) is 1. The highest BCUT2D eigenvalue weighted by Crippen LogP contribution is 2.18. The summed E-state index contributed by atoms with van der Waals surface area (Å²) in [5.74, 6) is -0.0653. The van der Waals surface area contributed by atoms with Gasteiger partial charge in [-0.3, -0.25) is 0 Å². The second-order valence-corrected chi connectivity index (χ2v) is 8.91. The van der Waals surface area contributed by atoms with Crippen LogP contribution in [0.15, 0.2) is 23.1 Å². The molecule has 2 rings (SSSR count). The van der Waals surface area contributed by atoms with E-state index in [4.69, 9.17) is 0 Å². The van der Waals surface area contributed by atoms with Crippen molar-refractivity contribution in [1.29, 1.82) is 0 Å². The zero-order chi connectivity index (χ0) is 14.3. The van der Waals surface area contributed by atoms with Crippen LogP contribution >= 0.6 is 0 Å². The largest absolute Gasteiger partial charge is 0.240 e. The first-order chi connectivity index (χ1) is 8.70. The summed E-state index contributed by atoms with van der Waals surface area (Å²) in [6.45, 7) is 3.75. The molecule has 19 heavy (non-hydrogen) atoms. The number of hydrogen-bond acceptors (Lipinski definition) is 4. The van der Waals surface area contributed by atoms with Crippen LogP contribution in [0.4, 0.5) is 0 Å². The van der Waals surface area contributed by atoms with Crippen LogP contribution in [0.25, 0.3) is 0 Å². The van der Waals surface area contributed by atoms with Crippen molar-refractivity contribution in [3.05, 3.63) is 29.3 Å². The average molecular weight is 303 g/mol. The number of hydrogen-bond donors (Lipinski definition) is 1. The highest BCUT2D eigenvalue weighted by atomic mass is 32.2. The topological polar surface area (TPSA) is 80.3 Å². The Labute approximate surface area is 114 Å². The van der Waals surface area contributed by atoms with Crippen molar-refractivity contribution < 1.29 is 16.8 Å². The fourth-order valence-corrected chi connectivity index (χ4v) is 5.19. The zero-order valence-corrected chi connectivity index (χ0v) is 12.5. The molecule has 1 aliphatic rings. The minimum atomic E-state index is -3.65. The van der Waals surface area contributed by atoms with Crippen molar-refractivity contribution in [2.45, 2.75) is 31.2 Å². The molecule has 0 bridgehead atoms. The first kappa shape index (κ1) is 14.5. The summed E-state index contributed by atoms with van der Waals surface area (Å²) >= 11 is 0. The van der Waals surface area contributed by atoms with E-state index >= 15 is 0 Å². The van der Waals surface area contributed by atoms with Gasteiger partial charge in [0.1, 0.15) is 0 Å². The molecule has 1 saturated heterocycles. The van der Waals surface area contributed by atoms with Gasteiger partial charge in [0.25, 0.3) is 0 Å². The molecule has 0 spiro atoms. The van der Waals surface area contributed by atoms with Crippen LogP contribution in [0.1, 0.15) is 17.5 Å². The van der Waals surface area contributed by atoms with E-state index in [-0.39, 0.29) is 16.4 Å². The van der Waals surface area contributed by atoms with Crippen LogP contribution in [0, 0.1) is 13.8 Å². The van der Waals surface area contributed by atoms with Gasteiger partial charge in [-0.2, -0.15) is 0 Å². The summed E-state index contributed by atoms with van der Waals surface area (Å²) in [5, 5.41) is 0. The molecule has 106 valence electrons. The molecule has 1 heterocycles. The lowest BCUT2D eigenvalue weighted by molar-refractivity contribution is 0.562. The third kappa shape index (κ3) is 3.34. The van der Waals surface area contributed by atoms with E-state index < -0.39 is 25.9 Å². The van der Waals surface area contributed by atoms with E-state index in [9.17, 15) is 16.8 Å². The second-order valence-electron chi connectivity index (χ2n) is 4.97.